The lowest BCUT2D eigenvalue weighted by molar-refractivity contribution is 1.16. The highest BCUT2D eigenvalue weighted by molar-refractivity contribution is 6.11. The monoisotopic (exact) mass is 846 g/mol. The van der Waals surface area contributed by atoms with Crippen LogP contribution in [0.15, 0.2) is 206 Å². The summed E-state index contributed by atoms with van der Waals surface area (Å²) in [6.45, 7) is 8.64. The number of aryl methyl sites for hydroxylation is 4. The van der Waals surface area contributed by atoms with E-state index in [9.17, 15) is 0 Å². The summed E-state index contributed by atoms with van der Waals surface area (Å²) in [6.07, 6.45) is 0. The molecule has 8 aromatic carbocycles. The average molecular weight is 847 g/mol. The summed E-state index contributed by atoms with van der Waals surface area (Å²) in [5.74, 6) is 0. The number of rotatable bonds is 7. The lowest BCUT2D eigenvalue weighted by atomic mass is 9.99. The Morgan fingerprint density at radius 2 is 0.667 bits per heavy atom. The maximum absolute atomic E-state index is 5.46. The van der Waals surface area contributed by atoms with Crippen LogP contribution < -0.4 is 0 Å². The van der Waals surface area contributed by atoms with Crippen LogP contribution in [0.1, 0.15) is 22.3 Å². The zero-order chi connectivity index (χ0) is 44.5. The fourth-order valence-corrected chi connectivity index (χ4v) is 10.0. The van der Waals surface area contributed by atoms with E-state index in [2.05, 4.69) is 243 Å². The molecular formula is C62H46N4. The molecule has 314 valence electrons. The van der Waals surface area contributed by atoms with Gasteiger partial charge in [-0.2, -0.15) is 0 Å². The molecule has 4 nitrogen and oxygen atoms in total. The Labute approximate surface area is 384 Å². The molecule has 12 rings (SSSR count). The molecule has 0 bridgehead atoms. The van der Waals surface area contributed by atoms with Crippen molar-refractivity contribution in [3.05, 3.63) is 229 Å². The maximum Gasteiger partial charge on any atom is 0.0925 e. The largest absolute Gasteiger partial charge is 0.309 e. The first-order chi connectivity index (χ1) is 32.4. The summed E-state index contributed by atoms with van der Waals surface area (Å²) in [5, 5.41) is 4.94. The van der Waals surface area contributed by atoms with Gasteiger partial charge in [0.2, 0.25) is 0 Å². The smallest absolute Gasteiger partial charge is 0.0925 e. The second-order valence-electron chi connectivity index (χ2n) is 17.6. The summed E-state index contributed by atoms with van der Waals surface area (Å²) in [4.78, 5) is 10.9. The zero-order valence-corrected chi connectivity index (χ0v) is 37.4. The van der Waals surface area contributed by atoms with Crippen LogP contribution >= 0.6 is 0 Å². The lowest BCUT2D eigenvalue weighted by Crippen LogP contribution is -2.01. The fraction of sp³-hybridized carbons (Fsp3) is 0.0645. The van der Waals surface area contributed by atoms with Crippen molar-refractivity contribution in [2.45, 2.75) is 27.7 Å². The molecular weight excluding hydrogens is 801 g/mol. The molecule has 0 fully saturated rings. The first kappa shape index (κ1) is 39.3. The minimum Gasteiger partial charge on any atom is -0.309 e. The lowest BCUT2D eigenvalue weighted by Gasteiger charge is -2.16. The maximum atomic E-state index is 5.46. The van der Waals surface area contributed by atoms with Crippen molar-refractivity contribution in [1.82, 2.24) is 19.1 Å². The van der Waals surface area contributed by atoms with Crippen LogP contribution in [0.25, 0.3) is 111 Å². The third-order valence-corrected chi connectivity index (χ3v) is 13.5. The summed E-state index contributed by atoms with van der Waals surface area (Å²) in [7, 11) is 0. The van der Waals surface area contributed by atoms with Crippen LogP contribution in [0.5, 0.6) is 0 Å². The first-order valence-electron chi connectivity index (χ1n) is 22.7. The van der Waals surface area contributed by atoms with Gasteiger partial charge in [0, 0.05) is 44.0 Å². The molecule has 0 saturated heterocycles. The van der Waals surface area contributed by atoms with Gasteiger partial charge >= 0.3 is 0 Å². The van der Waals surface area contributed by atoms with Gasteiger partial charge in [0.05, 0.1) is 44.8 Å². The predicted molar refractivity (Wildman–Crippen MR) is 277 cm³/mol. The van der Waals surface area contributed by atoms with Crippen molar-refractivity contribution < 1.29 is 0 Å². The van der Waals surface area contributed by atoms with Crippen molar-refractivity contribution in [2.24, 2.45) is 0 Å². The van der Waals surface area contributed by atoms with Crippen molar-refractivity contribution >= 4 is 43.6 Å². The third-order valence-electron chi connectivity index (χ3n) is 13.5. The van der Waals surface area contributed by atoms with E-state index in [4.69, 9.17) is 9.97 Å². The Morgan fingerprint density at radius 1 is 0.288 bits per heavy atom. The quantitative estimate of drug-likeness (QED) is 0.160. The van der Waals surface area contributed by atoms with Crippen LogP contribution in [0.3, 0.4) is 0 Å². The Hall–Kier alpha value is -8.34. The Morgan fingerprint density at radius 3 is 1.11 bits per heavy atom. The second kappa shape index (κ2) is 15.7. The van der Waals surface area contributed by atoms with Crippen LogP contribution in [-0.4, -0.2) is 19.1 Å². The molecule has 66 heavy (non-hydrogen) atoms. The molecule has 0 aliphatic rings. The van der Waals surface area contributed by atoms with Crippen LogP contribution in [0, 0.1) is 27.7 Å². The van der Waals surface area contributed by atoms with Gasteiger partial charge in [-0.05, 0) is 145 Å². The first-order valence-corrected chi connectivity index (χ1v) is 22.7. The molecule has 4 heterocycles. The number of hydrogen-bond donors (Lipinski definition) is 0. The number of para-hydroxylation sites is 2. The molecule has 0 aliphatic carbocycles. The predicted octanol–water partition coefficient (Wildman–Crippen LogP) is 16.2. The van der Waals surface area contributed by atoms with E-state index >= 15 is 0 Å². The van der Waals surface area contributed by atoms with E-state index in [1.54, 1.807) is 0 Å². The van der Waals surface area contributed by atoms with Gasteiger partial charge in [-0.1, -0.05) is 133 Å². The Kier molecular flexibility index (Phi) is 9.35. The number of fused-ring (bicyclic) bond motifs is 6. The minimum atomic E-state index is 0.896. The molecule has 0 N–H and O–H groups in total. The number of pyridine rings is 2. The molecule has 0 amide bonds. The van der Waals surface area contributed by atoms with Crippen molar-refractivity contribution in [3.63, 3.8) is 0 Å². The van der Waals surface area contributed by atoms with E-state index < -0.39 is 0 Å². The van der Waals surface area contributed by atoms with Crippen LogP contribution in [0.4, 0.5) is 0 Å². The van der Waals surface area contributed by atoms with Gasteiger partial charge in [0.1, 0.15) is 0 Å². The number of nitrogens with zero attached hydrogens (tertiary/aromatic N) is 4. The van der Waals surface area contributed by atoms with Gasteiger partial charge in [-0.15, -0.1) is 0 Å². The molecule has 4 aromatic heterocycles. The van der Waals surface area contributed by atoms with Crippen LogP contribution in [0.2, 0.25) is 0 Å². The Balaban J connectivity index is 0.942. The number of hydrogen-bond acceptors (Lipinski definition) is 2. The highest BCUT2D eigenvalue weighted by atomic mass is 15.0. The highest BCUT2D eigenvalue weighted by Gasteiger charge is 2.19. The molecule has 4 heteroatoms. The summed E-state index contributed by atoms with van der Waals surface area (Å²) >= 11 is 0. The third kappa shape index (κ3) is 6.52. The number of benzene rings is 8. The topological polar surface area (TPSA) is 35.6 Å². The fourth-order valence-electron chi connectivity index (χ4n) is 10.0. The molecule has 0 radical (unpaired) electrons. The normalized spacial score (nSPS) is 11.6. The highest BCUT2D eigenvalue weighted by Crippen LogP contribution is 2.39. The van der Waals surface area contributed by atoms with Gasteiger partial charge in [-0.25, -0.2) is 9.97 Å². The van der Waals surface area contributed by atoms with Gasteiger partial charge < -0.3 is 9.13 Å². The van der Waals surface area contributed by atoms with Gasteiger partial charge in [0.25, 0.3) is 0 Å². The van der Waals surface area contributed by atoms with E-state index in [-0.39, 0.29) is 0 Å². The minimum absolute atomic E-state index is 0.896. The zero-order valence-electron chi connectivity index (χ0n) is 37.4. The summed E-state index contributed by atoms with van der Waals surface area (Å²) in [5.41, 5.74) is 22.1. The standard InChI is InChI=1S/C62H46N4/c1-39-23-29-47(65-57-21-13-11-19-49(57)53-35-45(27-33-59(53)65)43-15-7-5-8-16-43)37-51(39)55-31-25-41(3)61(63-55)62-42(4)26-32-56(64-62)52-38-48(30-24-40(52)2)66-58-22-14-12-20-50(58)54-36-46(28-34-60(54)66)44-17-9-6-10-18-44/h5-38H,1-4H3. The van der Waals surface area contributed by atoms with E-state index in [1.807, 2.05) is 0 Å². The van der Waals surface area contributed by atoms with E-state index in [0.717, 1.165) is 56.4 Å². The number of aromatic nitrogens is 4. The van der Waals surface area contributed by atoms with Crippen LogP contribution in [-0.2, 0) is 0 Å². The summed E-state index contributed by atoms with van der Waals surface area (Å²) in [6, 6.07) is 74.6. The SMILES string of the molecule is Cc1ccc(-n2c3ccccc3c3cc(-c4ccccc4)ccc32)cc1-c1ccc(C)c(-c2nc(-c3cc(-n4c5ccccc5c5cc(-c6ccccc6)ccc54)ccc3C)ccc2C)n1. The molecule has 0 aliphatic heterocycles. The van der Waals surface area contributed by atoms with Gasteiger partial charge in [0.15, 0.2) is 0 Å². The summed E-state index contributed by atoms with van der Waals surface area (Å²) < 4.78 is 4.79. The van der Waals surface area contributed by atoms with Crippen molar-refractivity contribution in [2.75, 3.05) is 0 Å². The van der Waals surface area contributed by atoms with Gasteiger partial charge in [-0.3, -0.25) is 0 Å². The van der Waals surface area contributed by atoms with Crippen molar-refractivity contribution in [3.8, 4) is 67.5 Å². The molecule has 0 spiro atoms. The molecule has 12 aromatic rings. The second-order valence-corrected chi connectivity index (χ2v) is 17.6. The van der Waals surface area contributed by atoms with E-state index in [1.165, 1.54) is 77.0 Å². The van der Waals surface area contributed by atoms with Crippen molar-refractivity contribution in [1.29, 1.82) is 0 Å². The molecule has 0 unspecified atom stereocenters. The molecule has 0 saturated carbocycles. The van der Waals surface area contributed by atoms with E-state index in [0.29, 0.717) is 0 Å². The molecule has 0 atom stereocenters. The Bertz CT molecular complexity index is 3600. The average Bonchev–Trinajstić information content (AvgIpc) is 3.88.